The van der Waals surface area contributed by atoms with E-state index in [1.165, 1.54) is 3.57 Å². The zero-order valence-electron chi connectivity index (χ0n) is 12.3. The van der Waals surface area contributed by atoms with Crippen molar-refractivity contribution in [2.24, 2.45) is 0 Å². The van der Waals surface area contributed by atoms with Crippen LogP contribution in [0, 0.1) is 10.5 Å². The maximum absolute atomic E-state index is 4.42. The van der Waals surface area contributed by atoms with Crippen LogP contribution in [0.25, 0.3) is 21.9 Å². The minimum Gasteiger partial charge on any atom is -0.358 e. The van der Waals surface area contributed by atoms with Gasteiger partial charge in [0.05, 0.1) is 11.2 Å². The van der Waals surface area contributed by atoms with Gasteiger partial charge in [0.15, 0.2) is 0 Å². The standard InChI is InChI=1S/C17H13IN4.ClH/c1-10-8-15(22-12-4-2-11(18)3-5-12)16-13(21-10)6-7-14-17(16)20-9-19-14;/h2-9,21-22H,1H3;1H. The fourth-order valence-electron chi connectivity index (χ4n) is 2.67. The highest BCUT2D eigenvalue weighted by Gasteiger charge is 2.10. The molecule has 0 bridgehead atoms. The van der Waals surface area contributed by atoms with Crippen LogP contribution in [0.1, 0.15) is 5.69 Å². The van der Waals surface area contributed by atoms with Crippen molar-refractivity contribution in [1.82, 2.24) is 15.0 Å². The fourth-order valence-corrected chi connectivity index (χ4v) is 3.02. The first-order valence-electron chi connectivity index (χ1n) is 6.96. The zero-order valence-corrected chi connectivity index (χ0v) is 15.3. The Morgan fingerprint density at radius 1 is 1.04 bits per heavy atom. The molecule has 0 radical (unpaired) electrons. The van der Waals surface area contributed by atoms with E-state index < -0.39 is 0 Å². The predicted molar refractivity (Wildman–Crippen MR) is 106 cm³/mol. The van der Waals surface area contributed by atoms with E-state index in [9.17, 15) is 0 Å². The van der Waals surface area contributed by atoms with Gasteiger partial charge < -0.3 is 10.3 Å². The Morgan fingerprint density at radius 3 is 2.61 bits per heavy atom. The van der Waals surface area contributed by atoms with Crippen molar-refractivity contribution in [2.45, 2.75) is 6.92 Å². The summed E-state index contributed by atoms with van der Waals surface area (Å²) < 4.78 is 1.22. The number of hydrogen-bond acceptors (Lipinski definition) is 3. The maximum Gasteiger partial charge on any atom is 0.116 e. The van der Waals surface area contributed by atoms with Gasteiger partial charge in [-0.3, -0.25) is 0 Å². The molecule has 0 spiro atoms. The molecule has 0 aliphatic rings. The Balaban J connectivity index is 0.00000156. The van der Waals surface area contributed by atoms with Gasteiger partial charge in [-0.1, -0.05) is 0 Å². The van der Waals surface area contributed by atoms with Crippen molar-refractivity contribution >= 4 is 68.3 Å². The number of nitrogens with zero attached hydrogens (tertiary/aromatic N) is 2. The molecule has 0 aliphatic carbocycles. The highest BCUT2D eigenvalue weighted by molar-refractivity contribution is 14.1. The van der Waals surface area contributed by atoms with Crippen LogP contribution in [-0.2, 0) is 0 Å². The largest absolute Gasteiger partial charge is 0.358 e. The summed E-state index contributed by atoms with van der Waals surface area (Å²) >= 11 is 2.31. The third-order valence-corrected chi connectivity index (χ3v) is 4.34. The van der Waals surface area contributed by atoms with Crippen LogP contribution in [-0.4, -0.2) is 15.0 Å². The molecule has 4 rings (SSSR count). The van der Waals surface area contributed by atoms with Crippen LogP contribution in [0.2, 0.25) is 0 Å². The predicted octanol–water partition coefficient (Wildman–Crippen LogP) is 5.19. The second-order valence-electron chi connectivity index (χ2n) is 5.23. The van der Waals surface area contributed by atoms with Crippen LogP contribution >= 0.6 is 35.0 Å². The molecule has 0 amide bonds. The van der Waals surface area contributed by atoms with Crippen molar-refractivity contribution in [3.8, 4) is 0 Å². The molecule has 6 heteroatoms. The van der Waals surface area contributed by atoms with Gasteiger partial charge >= 0.3 is 0 Å². The third kappa shape index (κ3) is 2.98. The molecule has 0 fully saturated rings. The molecule has 4 aromatic rings. The number of aromatic nitrogens is 3. The Kier molecular flexibility index (Phi) is 4.41. The van der Waals surface area contributed by atoms with Crippen LogP contribution < -0.4 is 5.32 Å². The average Bonchev–Trinajstić information content (AvgIpc) is 2.97. The van der Waals surface area contributed by atoms with Gasteiger partial charge in [0.1, 0.15) is 11.8 Å². The monoisotopic (exact) mass is 436 g/mol. The third-order valence-electron chi connectivity index (χ3n) is 3.63. The summed E-state index contributed by atoms with van der Waals surface area (Å²) in [6, 6.07) is 14.5. The van der Waals surface area contributed by atoms with Crippen molar-refractivity contribution in [3.63, 3.8) is 0 Å². The summed E-state index contributed by atoms with van der Waals surface area (Å²) in [6.07, 6.45) is 1.61. The SMILES string of the molecule is Cc1cc(Nc2ccc(I)cc2)c2c(ccc3ncnc32)[nH]1.Cl. The topological polar surface area (TPSA) is 53.6 Å². The molecular formula is C17H14ClIN4. The number of imidazole rings is 1. The summed E-state index contributed by atoms with van der Waals surface area (Å²) in [5.41, 5.74) is 6.08. The highest BCUT2D eigenvalue weighted by Crippen LogP contribution is 2.31. The lowest BCUT2D eigenvalue weighted by Crippen LogP contribution is -1.95. The van der Waals surface area contributed by atoms with Gasteiger partial charge in [-0.05, 0) is 72.0 Å². The average molecular weight is 437 g/mol. The van der Waals surface area contributed by atoms with E-state index in [1.54, 1.807) is 6.33 Å². The van der Waals surface area contributed by atoms with Crippen molar-refractivity contribution in [2.75, 3.05) is 5.32 Å². The minimum atomic E-state index is 0. The fraction of sp³-hybridized carbons (Fsp3) is 0.0588. The lowest BCUT2D eigenvalue weighted by atomic mass is 10.1. The summed E-state index contributed by atoms with van der Waals surface area (Å²) in [5, 5.41) is 4.57. The minimum absolute atomic E-state index is 0. The number of hydrogen-bond donors (Lipinski definition) is 2. The number of fused-ring (bicyclic) bond motifs is 3. The summed E-state index contributed by atoms with van der Waals surface area (Å²) in [6.45, 7) is 2.05. The number of H-pyrrole nitrogens is 1. The molecule has 0 atom stereocenters. The first-order valence-corrected chi connectivity index (χ1v) is 8.04. The molecule has 2 aromatic heterocycles. The van der Waals surface area contributed by atoms with Gasteiger partial charge in [0.25, 0.3) is 0 Å². The zero-order chi connectivity index (χ0) is 15.1. The van der Waals surface area contributed by atoms with E-state index in [0.29, 0.717) is 0 Å². The first-order chi connectivity index (χ1) is 10.7. The molecule has 4 nitrogen and oxygen atoms in total. The van der Waals surface area contributed by atoms with E-state index in [1.807, 2.05) is 6.07 Å². The number of benzene rings is 2. The summed E-state index contributed by atoms with van der Waals surface area (Å²) in [7, 11) is 0. The van der Waals surface area contributed by atoms with E-state index in [4.69, 9.17) is 0 Å². The molecule has 0 saturated carbocycles. The highest BCUT2D eigenvalue weighted by atomic mass is 127. The number of nitrogens with one attached hydrogen (secondary N) is 2. The number of anilines is 2. The van der Waals surface area contributed by atoms with Gasteiger partial charge in [0, 0.05) is 25.9 Å². The van der Waals surface area contributed by atoms with Gasteiger partial charge in [-0.15, -0.1) is 12.4 Å². The Morgan fingerprint density at radius 2 is 1.83 bits per heavy atom. The smallest absolute Gasteiger partial charge is 0.116 e. The number of halogens is 2. The lowest BCUT2D eigenvalue weighted by molar-refractivity contribution is 1.26. The number of aryl methyl sites for hydroxylation is 1. The molecule has 23 heavy (non-hydrogen) atoms. The number of aromatic amines is 1. The van der Waals surface area contributed by atoms with Crippen LogP contribution in [0.4, 0.5) is 11.4 Å². The number of pyridine rings is 1. The lowest BCUT2D eigenvalue weighted by Gasteiger charge is -2.12. The molecular weight excluding hydrogens is 423 g/mol. The summed E-state index contributed by atoms with van der Waals surface area (Å²) in [5.74, 6) is 0. The van der Waals surface area contributed by atoms with Gasteiger partial charge in [-0.2, -0.15) is 0 Å². The Hall–Kier alpha value is -1.86. The molecule has 116 valence electrons. The van der Waals surface area contributed by atoms with E-state index >= 15 is 0 Å². The first kappa shape index (κ1) is 16.0. The molecule has 0 aliphatic heterocycles. The van der Waals surface area contributed by atoms with Gasteiger partial charge in [0.2, 0.25) is 0 Å². The maximum atomic E-state index is 4.42. The van der Waals surface area contributed by atoms with Crippen LogP contribution in [0.3, 0.4) is 0 Å². The molecule has 2 N–H and O–H groups in total. The normalized spacial score (nSPS) is 10.7. The molecule has 0 saturated heterocycles. The molecule has 2 heterocycles. The summed E-state index contributed by atoms with van der Waals surface area (Å²) in [4.78, 5) is 12.1. The quantitative estimate of drug-likeness (QED) is 0.425. The van der Waals surface area contributed by atoms with Crippen molar-refractivity contribution in [3.05, 3.63) is 58.1 Å². The Bertz CT molecular complexity index is 979. The second kappa shape index (κ2) is 6.33. The van der Waals surface area contributed by atoms with E-state index in [-0.39, 0.29) is 12.4 Å². The number of rotatable bonds is 2. The van der Waals surface area contributed by atoms with E-state index in [0.717, 1.165) is 39.0 Å². The van der Waals surface area contributed by atoms with Crippen LogP contribution in [0.5, 0.6) is 0 Å². The van der Waals surface area contributed by atoms with Crippen molar-refractivity contribution in [1.29, 1.82) is 0 Å². The van der Waals surface area contributed by atoms with E-state index in [2.05, 4.69) is 86.2 Å². The van der Waals surface area contributed by atoms with Crippen molar-refractivity contribution < 1.29 is 0 Å². The molecule has 0 unspecified atom stereocenters. The van der Waals surface area contributed by atoms with Crippen LogP contribution in [0.15, 0.2) is 48.8 Å². The Labute approximate surface area is 153 Å². The molecule has 2 aromatic carbocycles. The van der Waals surface area contributed by atoms with Gasteiger partial charge in [-0.25, -0.2) is 9.97 Å². The second-order valence-corrected chi connectivity index (χ2v) is 6.47.